The highest BCUT2D eigenvalue weighted by Crippen LogP contribution is 2.29. The Labute approximate surface area is 166 Å². The molecule has 3 rings (SSSR count). The van der Waals surface area contributed by atoms with Crippen molar-refractivity contribution >= 4 is 27.4 Å². The molecule has 11 heteroatoms. The molecule has 7 nitrogen and oxygen atoms in total. The number of hydrogen-bond donors (Lipinski definition) is 1. The van der Waals surface area contributed by atoms with E-state index in [1.807, 2.05) is 4.90 Å². The number of alkyl halides is 3. The molecule has 2 aromatic rings. The number of anilines is 2. The zero-order valence-corrected chi connectivity index (χ0v) is 16.3. The van der Waals surface area contributed by atoms with E-state index < -0.39 is 21.8 Å². The average molecular weight is 428 g/mol. The number of benzene rings is 1. The molecule has 29 heavy (non-hydrogen) atoms. The van der Waals surface area contributed by atoms with Crippen molar-refractivity contribution in [2.24, 2.45) is 0 Å². The maximum atomic E-state index is 12.7. The zero-order chi connectivity index (χ0) is 21.2. The second kappa shape index (κ2) is 7.90. The van der Waals surface area contributed by atoms with Gasteiger partial charge in [-0.05, 0) is 30.3 Å². The third kappa shape index (κ3) is 5.37. The van der Waals surface area contributed by atoms with E-state index in [1.54, 1.807) is 23.1 Å². The Morgan fingerprint density at radius 3 is 2.34 bits per heavy atom. The van der Waals surface area contributed by atoms with Crippen LogP contribution in [0.15, 0.2) is 42.6 Å². The molecule has 1 aliphatic heterocycles. The minimum atomic E-state index is -4.43. The highest BCUT2D eigenvalue weighted by Gasteiger charge is 2.31. The number of sulfonamides is 1. The number of piperazine rings is 1. The van der Waals surface area contributed by atoms with Crippen LogP contribution in [0.4, 0.5) is 24.7 Å². The van der Waals surface area contributed by atoms with E-state index in [0.717, 1.165) is 18.5 Å². The Morgan fingerprint density at radius 1 is 1.10 bits per heavy atom. The van der Waals surface area contributed by atoms with Gasteiger partial charge < -0.3 is 9.80 Å². The molecule has 2 heterocycles. The summed E-state index contributed by atoms with van der Waals surface area (Å²) in [6, 6.07) is 8.50. The maximum absolute atomic E-state index is 12.7. The normalized spacial score (nSPS) is 15.3. The smallest absolute Gasteiger partial charge is 0.353 e. The number of nitrogens with zero attached hydrogens (tertiary/aromatic N) is 3. The molecule has 1 saturated heterocycles. The zero-order valence-electron chi connectivity index (χ0n) is 15.5. The summed E-state index contributed by atoms with van der Waals surface area (Å²) in [7, 11) is -3.45. The van der Waals surface area contributed by atoms with Crippen LogP contribution in [0.25, 0.3) is 0 Å². The second-order valence-corrected chi connectivity index (χ2v) is 8.39. The van der Waals surface area contributed by atoms with Gasteiger partial charge >= 0.3 is 6.18 Å². The number of halogens is 3. The number of aromatic nitrogens is 1. The van der Waals surface area contributed by atoms with Gasteiger partial charge in [0.1, 0.15) is 5.82 Å². The number of nitrogens with one attached hydrogen (secondary N) is 1. The number of rotatable bonds is 4. The topological polar surface area (TPSA) is 82.6 Å². The van der Waals surface area contributed by atoms with Crippen LogP contribution in [0.3, 0.4) is 0 Å². The monoisotopic (exact) mass is 428 g/mol. The van der Waals surface area contributed by atoms with Crippen molar-refractivity contribution in [1.82, 2.24) is 9.88 Å². The first kappa shape index (κ1) is 20.9. The van der Waals surface area contributed by atoms with Gasteiger partial charge in [0.15, 0.2) is 0 Å². The first-order valence-corrected chi connectivity index (χ1v) is 10.6. The van der Waals surface area contributed by atoms with Gasteiger partial charge in [-0.1, -0.05) is 6.07 Å². The number of hydrogen-bond acceptors (Lipinski definition) is 5. The summed E-state index contributed by atoms with van der Waals surface area (Å²) in [6.07, 6.45) is -2.61. The van der Waals surface area contributed by atoms with Crippen molar-refractivity contribution in [3.63, 3.8) is 0 Å². The third-order valence-corrected chi connectivity index (χ3v) is 4.99. The Kier molecular flexibility index (Phi) is 5.69. The molecule has 156 valence electrons. The Hall–Kier alpha value is -2.82. The van der Waals surface area contributed by atoms with Crippen molar-refractivity contribution in [2.75, 3.05) is 42.1 Å². The van der Waals surface area contributed by atoms with Crippen LogP contribution >= 0.6 is 0 Å². The third-order valence-electron chi connectivity index (χ3n) is 4.38. The van der Waals surface area contributed by atoms with Crippen LogP contribution in [-0.4, -0.2) is 56.6 Å². The molecule has 1 aromatic carbocycles. The largest absolute Gasteiger partial charge is 0.417 e. The van der Waals surface area contributed by atoms with Crippen LogP contribution in [0, 0.1) is 0 Å². The molecule has 0 spiro atoms. The predicted octanol–water partition coefficient (Wildman–Crippen LogP) is 2.43. The van der Waals surface area contributed by atoms with Gasteiger partial charge in [-0.25, -0.2) is 13.4 Å². The molecule has 1 aromatic heterocycles. The van der Waals surface area contributed by atoms with E-state index in [0.29, 0.717) is 43.2 Å². The molecule has 0 saturated carbocycles. The highest BCUT2D eigenvalue weighted by atomic mass is 32.2. The van der Waals surface area contributed by atoms with Crippen LogP contribution in [0.2, 0.25) is 0 Å². The lowest BCUT2D eigenvalue weighted by Crippen LogP contribution is -2.49. The summed E-state index contributed by atoms with van der Waals surface area (Å²) in [5.41, 5.74) is -0.164. The summed E-state index contributed by atoms with van der Waals surface area (Å²) < 4.78 is 63.0. The lowest BCUT2D eigenvalue weighted by molar-refractivity contribution is -0.137. The van der Waals surface area contributed by atoms with Gasteiger partial charge in [0.25, 0.3) is 5.91 Å². The van der Waals surface area contributed by atoms with Crippen molar-refractivity contribution in [3.05, 3.63) is 53.7 Å². The van der Waals surface area contributed by atoms with Crippen molar-refractivity contribution in [3.8, 4) is 0 Å². The molecule has 1 aliphatic rings. The Bertz CT molecular complexity index is 986. The van der Waals surface area contributed by atoms with E-state index >= 15 is 0 Å². The van der Waals surface area contributed by atoms with E-state index in [-0.39, 0.29) is 5.91 Å². The lowest BCUT2D eigenvalue weighted by Gasteiger charge is -2.35. The molecule has 0 radical (unpaired) electrons. The van der Waals surface area contributed by atoms with Crippen LogP contribution < -0.4 is 9.62 Å². The van der Waals surface area contributed by atoms with E-state index in [9.17, 15) is 26.4 Å². The van der Waals surface area contributed by atoms with Gasteiger partial charge in [-0.3, -0.25) is 9.52 Å². The fraction of sp³-hybridized carbons (Fsp3) is 0.333. The molecular formula is C18H19F3N4O3S. The SMILES string of the molecule is CS(=O)(=O)Nc1cccc(C(=O)N2CCN(c3ccc(C(F)(F)F)cn3)CC2)c1. The lowest BCUT2D eigenvalue weighted by atomic mass is 10.1. The average Bonchev–Trinajstić information content (AvgIpc) is 2.66. The molecule has 0 unspecified atom stereocenters. The summed E-state index contributed by atoms with van der Waals surface area (Å²) in [6.45, 7) is 1.58. The van der Waals surface area contributed by atoms with Crippen LogP contribution in [0.5, 0.6) is 0 Å². The first-order chi connectivity index (χ1) is 13.5. The van der Waals surface area contributed by atoms with Gasteiger partial charge in [0.2, 0.25) is 10.0 Å². The Morgan fingerprint density at radius 2 is 1.79 bits per heavy atom. The second-order valence-electron chi connectivity index (χ2n) is 6.64. The van der Waals surface area contributed by atoms with E-state index in [1.165, 1.54) is 12.1 Å². The fourth-order valence-electron chi connectivity index (χ4n) is 2.99. The highest BCUT2D eigenvalue weighted by molar-refractivity contribution is 7.92. The molecule has 0 aliphatic carbocycles. The van der Waals surface area contributed by atoms with Crippen molar-refractivity contribution in [2.45, 2.75) is 6.18 Å². The van der Waals surface area contributed by atoms with Crippen LogP contribution in [0.1, 0.15) is 15.9 Å². The van der Waals surface area contributed by atoms with Crippen LogP contribution in [-0.2, 0) is 16.2 Å². The van der Waals surface area contributed by atoms with Gasteiger partial charge in [-0.2, -0.15) is 13.2 Å². The predicted molar refractivity (Wildman–Crippen MR) is 102 cm³/mol. The van der Waals surface area contributed by atoms with Crippen molar-refractivity contribution in [1.29, 1.82) is 0 Å². The summed E-state index contributed by atoms with van der Waals surface area (Å²) in [4.78, 5) is 20.0. The molecule has 1 amide bonds. The van der Waals surface area contributed by atoms with Gasteiger partial charge in [-0.15, -0.1) is 0 Å². The Balaban J connectivity index is 1.63. The number of carbonyl (C=O) groups is 1. The molecule has 1 fully saturated rings. The number of amides is 1. The molecule has 0 atom stereocenters. The first-order valence-electron chi connectivity index (χ1n) is 8.68. The molecule has 1 N–H and O–H groups in total. The van der Waals surface area contributed by atoms with Crippen molar-refractivity contribution < 1.29 is 26.4 Å². The molecular weight excluding hydrogens is 409 g/mol. The maximum Gasteiger partial charge on any atom is 0.417 e. The minimum Gasteiger partial charge on any atom is -0.353 e. The van der Waals surface area contributed by atoms with E-state index in [2.05, 4.69) is 9.71 Å². The van der Waals surface area contributed by atoms with Gasteiger partial charge in [0, 0.05) is 43.6 Å². The summed E-state index contributed by atoms with van der Waals surface area (Å²) in [5, 5.41) is 0. The summed E-state index contributed by atoms with van der Waals surface area (Å²) >= 11 is 0. The minimum absolute atomic E-state index is 0.248. The summed E-state index contributed by atoms with van der Waals surface area (Å²) in [5.74, 6) is 0.173. The molecule has 0 bridgehead atoms. The number of pyridine rings is 1. The fourth-order valence-corrected chi connectivity index (χ4v) is 3.55. The van der Waals surface area contributed by atoms with Gasteiger partial charge in [0.05, 0.1) is 11.8 Å². The quantitative estimate of drug-likeness (QED) is 0.809. The number of carbonyl (C=O) groups excluding carboxylic acids is 1. The standard InChI is InChI=1S/C18H19F3N4O3S/c1-29(27,28)23-15-4-2-3-13(11-15)17(26)25-9-7-24(8-10-25)16-6-5-14(12-22-16)18(19,20)21/h2-6,11-12,23H,7-10H2,1H3. The van der Waals surface area contributed by atoms with E-state index in [4.69, 9.17) is 0 Å².